The molecule has 0 bridgehead atoms. The molecule has 2 heterocycles. The second kappa shape index (κ2) is 4.85. The van der Waals surface area contributed by atoms with Gasteiger partial charge >= 0.3 is 5.97 Å². The second-order valence-corrected chi connectivity index (χ2v) is 5.36. The quantitative estimate of drug-likeness (QED) is 0.860. The van der Waals surface area contributed by atoms with Crippen LogP contribution in [0, 0.1) is 0 Å². The molecule has 2 aromatic rings. The molecule has 1 N–H and O–H groups in total. The first kappa shape index (κ1) is 13.6. The molecule has 0 fully saturated rings. The van der Waals surface area contributed by atoms with Gasteiger partial charge in [-0.05, 0) is 24.3 Å². The van der Waals surface area contributed by atoms with Gasteiger partial charge in [-0.1, -0.05) is 15.9 Å². The molecular weight excluding hydrogens is 342 g/mol. The fourth-order valence-electron chi connectivity index (χ4n) is 2.22. The van der Waals surface area contributed by atoms with E-state index in [1.165, 1.54) is 17.2 Å². The molecule has 106 valence electrons. The van der Waals surface area contributed by atoms with Crippen molar-refractivity contribution in [1.82, 2.24) is 0 Å². The lowest BCUT2D eigenvalue weighted by molar-refractivity contribution is -0.114. The third-order valence-electron chi connectivity index (χ3n) is 3.21. The molecule has 1 aliphatic heterocycles. The predicted octanol–water partition coefficient (Wildman–Crippen LogP) is 2.47. The molecule has 0 radical (unpaired) electrons. The van der Waals surface area contributed by atoms with Gasteiger partial charge in [-0.2, -0.15) is 0 Å². The first-order valence-corrected chi connectivity index (χ1v) is 6.73. The molecule has 1 amide bonds. The molecule has 1 aromatic carbocycles. The highest BCUT2D eigenvalue weighted by molar-refractivity contribution is 9.10. The Bertz CT molecular complexity index is 779. The minimum atomic E-state index is -1.15. The Morgan fingerprint density at radius 1 is 1.29 bits per heavy atom. The Morgan fingerprint density at radius 2 is 2.05 bits per heavy atom. The first-order valence-electron chi connectivity index (χ1n) is 5.94. The van der Waals surface area contributed by atoms with Crippen LogP contribution in [0.4, 0.5) is 5.69 Å². The van der Waals surface area contributed by atoms with Crippen LogP contribution >= 0.6 is 15.9 Å². The topological polar surface area (TPSA) is 87.8 Å². The van der Waals surface area contributed by atoms with Gasteiger partial charge in [-0.3, -0.25) is 14.5 Å². The largest absolute Gasteiger partial charge is 0.478 e. The molecule has 0 atom stereocenters. The van der Waals surface area contributed by atoms with E-state index in [-0.39, 0.29) is 17.9 Å². The van der Waals surface area contributed by atoms with E-state index in [1.54, 1.807) is 18.2 Å². The molecular formula is C14H8BrNO5. The zero-order valence-electron chi connectivity index (χ0n) is 10.5. The normalized spacial score (nSPS) is 13.7. The van der Waals surface area contributed by atoms with Crippen molar-refractivity contribution < 1.29 is 23.9 Å². The Labute approximate surface area is 127 Å². The number of aromatic carboxylic acids is 1. The van der Waals surface area contributed by atoms with E-state index < -0.39 is 17.7 Å². The maximum Gasteiger partial charge on any atom is 0.339 e. The Balaban J connectivity index is 2.02. The molecule has 1 aromatic heterocycles. The van der Waals surface area contributed by atoms with E-state index in [9.17, 15) is 14.4 Å². The maximum atomic E-state index is 12.1. The highest BCUT2D eigenvalue weighted by Crippen LogP contribution is 2.33. The first-order chi connectivity index (χ1) is 9.99. The Kier molecular flexibility index (Phi) is 3.13. The monoisotopic (exact) mass is 349 g/mol. The standard InChI is InChI=1S/C14H8BrNO5/c15-7-1-2-8-10(5-7)16(13(18)12(8)17)6-11-9(14(19)20)3-4-21-11/h1-5H,6H2,(H,19,20). The van der Waals surface area contributed by atoms with Gasteiger partial charge in [0.2, 0.25) is 0 Å². The summed E-state index contributed by atoms with van der Waals surface area (Å²) < 4.78 is 5.83. The van der Waals surface area contributed by atoms with Crippen molar-refractivity contribution in [3.8, 4) is 0 Å². The number of carboxylic acid groups (broad SMARTS) is 1. The SMILES string of the molecule is O=C1C(=O)N(Cc2occc2C(=O)O)c2cc(Br)ccc21. The summed E-state index contributed by atoms with van der Waals surface area (Å²) in [5.74, 6) is -2.33. The molecule has 0 unspecified atom stereocenters. The van der Waals surface area contributed by atoms with Crippen molar-refractivity contribution in [1.29, 1.82) is 0 Å². The predicted molar refractivity (Wildman–Crippen MR) is 75.3 cm³/mol. The van der Waals surface area contributed by atoms with E-state index in [2.05, 4.69) is 15.9 Å². The average molecular weight is 350 g/mol. The van der Waals surface area contributed by atoms with Crippen LogP contribution < -0.4 is 4.90 Å². The molecule has 0 spiro atoms. The van der Waals surface area contributed by atoms with Crippen LogP contribution in [0.15, 0.2) is 39.4 Å². The number of Topliss-reactive ketones (excluding diaryl/α,β-unsaturated/α-hetero) is 1. The van der Waals surface area contributed by atoms with Gasteiger partial charge in [0.15, 0.2) is 0 Å². The number of ketones is 1. The summed E-state index contributed by atoms with van der Waals surface area (Å²) in [6.45, 7) is -0.108. The minimum absolute atomic E-state index is 0.0290. The van der Waals surface area contributed by atoms with E-state index in [1.807, 2.05) is 0 Å². The number of halogens is 1. The molecule has 3 rings (SSSR count). The molecule has 1 aliphatic rings. The maximum absolute atomic E-state index is 12.1. The van der Waals surface area contributed by atoms with Gasteiger partial charge in [0.1, 0.15) is 11.3 Å². The third-order valence-corrected chi connectivity index (χ3v) is 3.71. The van der Waals surface area contributed by atoms with E-state index in [4.69, 9.17) is 9.52 Å². The zero-order chi connectivity index (χ0) is 15.1. The van der Waals surface area contributed by atoms with Crippen LogP contribution in [-0.4, -0.2) is 22.8 Å². The summed E-state index contributed by atoms with van der Waals surface area (Å²) in [5.41, 5.74) is 0.706. The summed E-state index contributed by atoms with van der Waals surface area (Å²) in [6.07, 6.45) is 1.24. The molecule has 0 saturated carbocycles. The van der Waals surface area contributed by atoms with Crippen LogP contribution in [0.2, 0.25) is 0 Å². The van der Waals surface area contributed by atoms with Gasteiger partial charge in [-0.25, -0.2) is 4.79 Å². The summed E-state index contributed by atoms with van der Waals surface area (Å²) in [6, 6.07) is 6.17. The summed E-state index contributed by atoms with van der Waals surface area (Å²) in [5, 5.41) is 9.05. The number of hydrogen-bond donors (Lipinski definition) is 1. The lowest BCUT2D eigenvalue weighted by atomic mass is 10.1. The summed E-state index contributed by atoms with van der Waals surface area (Å²) >= 11 is 3.28. The molecule has 0 saturated heterocycles. The fraction of sp³-hybridized carbons (Fsp3) is 0.0714. The van der Waals surface area contributed by atoms with Gasteiger partial charge in [0.25, 0.3) is 11.7 Å². The molecule has 7 heteroatoms. The minimum Gasteiger partial charge on any atom is -0.478 e. The van der Waals surface area contributed by atoms with Gasteiger partial charge in [0, 0.05) is 4.47 Å². The smallest absolute Gasteiger partial charge is 0.339 e. The number of hydrogen-bond acceptors (Lipinski definition) is 4. The van der Waals surface area contributed by atoms with Crippen LogP contribution in [0.3, 0.4) is 0 Å². The van der Waals surface area contributed by atoms with Gasteiger partial charge < -0.3 is 9.52 Å². The number of carboxylic acids is 1. The van der Waals surface area contributed by atoms with Crippen molar-refractivity contribution in [2.24, 2.45) is 0 Å². The van der Waals surface area contributed by atoms with E-state index >= 15 is 0 Å². The highest BCUT2D eigenvalue weighted by Gasteiger charge is 2.37. The van der Waals surface area contributed by atoms with Crippen LogP contribution in [0.1, 0.15) is 26.5 Å². The number of nitrogens with zero attached hydrogens (tertiary/aromatic N) is 1. The van der Waals surface area contributed by atoms with Crippen LogP contribution in [0.25, 0.3) is 0 Å². The number of benzene rings is 1. The number of amides is 1. The molecule has 0 aliphatic carbocycles. The highest BCUT2D eigenvalue weighted by atomic mass is 79.9. The van der Waals surface area contributed by atoms with Gasteiger partial charge in [-0.15, -0.1) is 0 Å². The number of fused-ring (bicyclic) bond motifs is 1. The van der Waals surface area contributed by atoms with Crippen LogP contribution in [-0.2, 0) is 11.3 Å². The Hall–Kier alpha value is -2.41. The average Bonchev–Trinajstić information content (AvgIpc) is 2.99. The Morgan fingerprint density at radius 3 is 2.76 bits per heavy atom. The van der Waals surface area contributed by atoms with Gasteiger partial charge in [0.05, 0.1) is 24.1 Å². The van der Waals surface area contributed by atoms with Crippen molar-refractivity contribution in [3.63, 3.8) is 0 Å². The number of furan rings is 1. The fourth-order valence-corrected chi connectivity index (χ4v) is 2.57. The number of rotatable bonds is 3. The number of carbonyl (C=O) groups excluding carboxylic acids is 2. The summed E-state index contributed by atoms with van der Waals surface area (Å²) in [4.78, 5) is 36.2. The lowest BCUT2D eigenvalue weighted by Gasteiger charge is -2.15. The number of carbonyl (C=O) groups is 3. The van der Waals surface area contributed by atoms with Crippen molar-refractivity contribution in [3.05, 3.63) is 51.9 Å². The van der Waals surface area contributed by atoms with Crippen molar-refractivity contribution in [2.75, 3.05) is 4.90 Å². The van der Waals surface area contributed by atoms with Crippen molar-refractivity contribution >= 4 is 39.3 Å². The zero-order valence-corrected chi connectivity index (χ0v) is 12.1. The molecule has 6 nitrogen and oxygen atoms in total. The van der Waals surface area contributed by atoms with Crippen molar-refractivity contribution in [2.45, 2.75) is 6.54 Å². The molecule has 21 heavy (non-hydrogen) atoms. The lowest BCUT2D eigenvalue weighted by Crippen LogP contribution is -2.29. The van der Waals surface area contributed by atoms with E-state index in [0.717, 1.165) is 0 Å². The summed E-state index contributed by atoms with van der Waals surface area (Å²) in [7, 11) is 0. The van der Waals surface area contributed by atoms with Crippen LogP contribution in [0.5, 0.6) is 0 Å². The second-order valence-electron chi connectivity index (χ2n) is 4.44. The number of anilines is 1. The third kappa shape index (κ3) is 2.15. The van der Waals surface area contributed by atoms with E-state index in [0.29, 0.717) is 15.7 Å².